The molecule has 2 aromatic rings. The van der Waals surface area contributed by atoms with Crippen molar-refractivity contribution in [3.8, 4) is 0 Å². The molecule has 1 aromatic carbocycles. The molecule has 0 bridgehead atoms. The van der Waals surface area contributed by atoms with E-state index in [4.69, 9.17) is 0 Å². The van der Waals surface area contributed by atoms with Crippen LogP contribution in [0.15, 0.2) is 34.5 Å². The molecule has 0 unspecified atom stereocenters. The Morgan fingerprint density at radius 2 is 2.05 bits per heavy atom. The summed E-state index contributed by atoms with van der Waals surface area (Å²) < 4.78 is 27.3. The molecule has 0 aliphatic carbocycles. The van der Waals surface area contributed by atoms with Crippen LogP contribution < -0.4 is 10.0 Å². The van der Waals surface area contributed by atoms with Gasteiger partial charge in [-0.25, -0.2) is 18.1 Å². The molecule has 21 heavy (non-hydrogen) atoms. The molecule has 1 heterocycles. The van der Waals surface area contributed by atoms with Crippen LogP contribution in [0.4, 0.5) is 5.69 Å². The lowest BCUT2D eigenvalue weighted by Crippen LogP contribution is -2.26. The van der Waals surface area contributed by atoms with Crippen LogP contribution in [0.2, 0.25) is 0 Å². The monoisotopic (exact) mass is 325 g/mol. The molecule has 0 amide bonds. The Kier molecular flexibility index (Phi) is 5.33. The van der Waals surface area contributed by atoms with Crippen LogP contribution in [0.5, 0.6) is 0 Å². The maximum atomic E-state index is 12.4. The van der Waals surface area contributed by atoms with Crippen LogP contribution in [0.25, 0.3) is 0 Å². The maximum Gasteiger partial charge on any atom is 0.242 e. The topological polar surface area (TPSA) is 71.1 Å². The molecular formula is C14H19N3O2S2. The predicted molar refractivity (Wildman–Crippen MR) is 86.3 cm³/mol. The lowest BCUT2D eigenvalue weighted by molar-refractivity contribution is 0.582. The number of rotatable bonds is 7. The molecule has 0 saturated carbocycles. The fraction of sp³-hybridized carbons (Fsp3) is 0.357. The minimum atomic E-state index is -3.51. The van der Waals surface area contributed by atoms with Gasteiger partial charge in [-0.1, -0.05) is 12.1 Å². The molecule has 0 fully saturated rings. The lowest BCUT2D eigenvalue weighted by atomic mass is 10.3. The van der Waals surface area contributed by atoms with Crippen LogP contribution in [-0.4, -0.2) is 26.5 Å². The molecule has 0 atom stereocenters. The zero-order chi connectivity index (χ0) is 15.3. The van der Waals surface area contributed by atoms with Crippen LogP contribution in [0.3, 0.4) is 0 Å². The Bertz CT molecular complexity index is 696. The largest absolute Gasteiger partial charge is 0.384 e. The van der Waals surface area contributed by atoms with Crippen LogP contribution in [-0.2, 0) is 16.4 Å². The summed E-state index contributed by atoms with van der Waals surface area (Å²) in [6, 6.07) is 6.91. The SMILES string of the molecule is CCNc1ccccc1S(=O)(=O)NCCc1nc(C)cs1. The number of hydrogen-bond donors (Lipinski definition) is 2. The number of thiazole rings is 1. The number of aromatic nitrogens is 1. The highest BCUT2D eigenvalue weighted by Gasteiger charge is 2.17. The van der Waals surface area contributed by atoms with E-state index in [1.165, 1.54) is 0 Å². The smallest absolute Gasteiger partial charge is 0.242 e. The molecule has 7 heteroatoms. The second kappa shape index (κ2) is 7.02. The van der Waals surface area contributed by atoms with E-state index in [-0.39, 0.29) is 4.90 Å². The van der Waals surface area contributed by atoms with E-state index in [9.17, 15) is 8.42 Å². The van der Waals surface area contributed by atoms with E-state index >= 15 is 0 Å². The number of benzene rings is 1. The number of nitrogens with one attached hydrogen (secondary N) is 2. The fourth-order valence-electron chi connectivity index (χ4n) is 1.93. The first-order valence-corrected chi connectivity index (χ1v) is 9.13. The second-order valence-electron chi connectivity index (χ2n) is 4.56. The van der Waals surface area contributed by atoms with Crippen molar-refractivity contribution < 1.29 is 8.42 Å². The van der Waals surface area contributed by atoms with E-state index in [1.54, 1.807) is 29.5 Å². The Balaban J connectivity index is 2.04. The van der Waals surface area contributed by atoms with Gasteiger partial charge in [-0.3, -0.25) is 0 Å². The van der Waals surface area contributed by atoms with E-state index in [0.29, 0.717) is 25.2 Å². The van der Waals surface area contributed by atoms with E-state index < -0.39 is 10.0 Å². The van der Waals surface area contributed by atoms with Crippen LogP contribution in [0, 0.1) is 6.92 Å². The van der Waals surface area contributed by atoms with Crippen molar-refractivity contribution in [3.63, 3.8) is 0 Å². The number of nitrogens with zero attached hydrogens (tertiary/aromatic N) is 1. The number of para-hydroxylation sites is 1. The molecule has 2 rings (SSSR count). The minimum Gasteiger partial charge on any atom is -0.384 e. The molecule has 114 valence electrons. The zero-order valence-corrected chi connectivity index (χ0v) is 13.7. The normalized spacial score (nSPS) is 11.5. The maximum absolute atomic E-state index is 12.4. The summed E-state index contributed by atoms with van der Waals surface area (Å²) in [7, 11) is -3.51. The standard InChI is InChI=1S/C14H19N3O2S2/c1-3-15-12-6-4-5-7-13(12)21(18,19)16-9-8-14-17-11(2)10-20-14/h4-7,10,15-16H,3,8-9H2,1-2H3. The van der Waals surface area contributed by atoms with Gasteiger partial charge in [-0.2, -0.15) is 0 Å². The van der Waals surface area contributed by atoms with Gasteiger partial charge < -0.3 is 5.32 Å². The van der Waals surface area contributed by atoms with Crippen molar-refractivity contribution in [2.45, 2.75) is 25.2 Å². The summed E-state index contributed by atoms with van der Waals surface area (Å²) >= 11 is 1.55. The van der Waals surface area contributed by atoms with Crippen molar-refractivity contribution in [3.05, 3.63) is 40.3 Å². The van der Waals surface area contributed by atoms with Gasteiger partial charge in [-0.15, -0.1) is 11.3 Å². The molecule has 2 N–H and O–H groups in total. The number of sulfonamides is 1. The summed E-state index contributed by atoms with van der Waals surface area (Å²) in [4.78, 5) is 4.60. The number of hydrogen-bond acceptors (Lipinski definition) is 5. The summed E-state index contributed by atoms with van der Waals surface area (Å²) in [6.07, 6.45) is 0.598. The Labute approximate surface area is 129 Å². The Hall–Kier alpha value is -1.44. The summed E-state index contributed by atoms with van der Waals surface area (Å²) in [5.74, 6) is 0. The number of aryl methyl sites for hydroxylation is 1. The highest BCUT2D eigenvalue weighted by atomic mass is 32.2. The van der Waals surface area contributed by atoms with Gasteiger partial charge in [0.05, 0.1) is 10.7 Å². The predicted octanol–water partition coefficient (Wildman–Crippen LogP) is 2.40. The summed E-state index contributed by atoms with van der Waals surface area (Å²) in [5.41, 5.74) is 1.59. The third-order valence-corrected chi connectivity index (χ3v) is 5.39. The first kappa shape index (κ1) is 15.9. The van der Waals surface area contributed by atoms with E-state index in [1.807, 2.05) is 25.3 Å². The third-order valence-electron chi connectivity index (χ3n) is 2.84. The fourth-order valence-corrected chi connectivity index (χ4v) is 3.91. The van der Waals surface area contributed by atoms with Gasteiger partial charge in [0.25, 0.3) is 0 Å². The Morgan fingerprint density at radius 3 is 2.71 bits per heavy atom. The minimum absolute atomic E-state index is 0.280. The van der Waals surface area contributed by atoms with Gasteiger partial charge in [0, 0.05) is 30.6 Å². The van der Waals surface area contributed by atoms with Crippen LogP contribution in [0.1, 0.15) is 17.6 Å². The van der Waals surface area contributed by atoms with E-state index in [2.05, 4.69) is 15.0 Å². The highest BCUT2D eigenvalue weighted by Crippen LogP contribution is 2.20. The molecule has 1 aromatic heterocycles. The van der Waals surface area contributed by atoms with Crippen molar-refractivity contribution in [1.82, 2.24) is 9.71 Å². The average molecular weight is 325 g/mol. The Morgan fingerprint density at radius 1 is 1.29 bits per heavy atom. The molecule has 5 nitrogen and oxygen atoms in total. The average Bonchev–Trinajstić information content (AvgIpc) is 2.85. The van der Waals surface area contributed by atoms with Gasteiger partial charge in [0.15, 0.2) is 0 Å². The zero-order valence-electron chi connectivity index (χ0n) is 12.1. The molecule has 0 aliphatic rings. The molecular weight excluding hydrogens is 306 g/mol. The second-order valence-corrected chi connectivity index (χ2v) is 7.23. The van der Waals surface area contributed by atoms with Gasteiger partial charge >= 0.3 is 0 Å². The first-order valence-electron chi connectivity index (χ1n) is 6.76. The molecule has 0 aliphatic heterocycles. The summed E-state index contributed by atoms with van der Waals surface area (Å²) in [6.45, 7) is 4.87. The quantitative estimate of drug-likeness (QED) is 0.820. The lowest BCUT2D eigenvalue weighted by Gasteiger charge is -2.11. The van der Waals surface area contributed by atoms with Gasteiger partial charge in [-0.05, 0) is 26.0 Å². The van der Waals surface area contributed by atoms with E-state index in [0.717, 1.165) is 10.7 Å². The molecule has 0 saturated heterocycles. The molecule has 0 radical (unpaired) electrons. The summed E-state index contributed by atoms with van der Waals surface area (Å²) in [5, 5.41) is 5.97. The highest BCUT2D eigenvalue weighted by molar-refractivity contribution is 7.89. The van der Waals surface area contributed by atoms with Crippen molar-refractivity contribution in [2.24, 2.45) is 0 Å². The third kappa shape index (κ3) is 4.26. The van der Waals surface area contributed by atoms with Crippen molar-refractivity contribution >= 4 is 27.0 Å². The van der Waals surface area contributed by atoms with Gasteiger partial charge in [0.2, 0.25) is 10.0 Å². The van der Waals surface area contributed by atoms with Crippen molar-refractivity contribution in [1.29, 1.82) is 0 Å². The van der Waals surface area contributed by atoms with Gasteiger partial charge in [0.1, 0.15) is 4.90 Å². The van der Waals surface area contributed by atoms with Crippen molar-refractivity contribution in [2.75, 3.05) is 18.4 Å². The molecule has 0 spiro atoms. The first-order chi connectivity index (χ1) is 10.0. The number of anilines is 1. The van der Waals surface area contributed by atoms with Crippen LogP contribution >= 0.6 is 11.3 Å².